The van der Waals surface area contributed by atoms with Gasteiger partial charge in [-0.3, -0.25) is 4.79 Å². The molecule has 2 fully saturated rings. The molecule has 0 atom stereocenters. The highest BCUT2D eigenvalue weighted by Gasteiger charge is 2.34. The summed E-state index contributed by atoms with van der Waals surface area (Å²) >= 11 is 0. The molecule has 1 saturated heterocycles. The van der Waals surface area contributed by atoms with Crippen LogP contribution in [0.5, 0.6) is 0 Å². The number of likely N-dealkylation sites (tertiary alicyclic amines) is 1. The smallest absolute Gasteiger partial charge is 0.222 e. The third-order valence-corrected chi connectivity index (χ3v) is 5.22. The molecule has 0 bridgehead atoms. The maximum absolute atomic E-state index is 12.3. The van der Waals surface area contributed by atoms with Crippen molar-refractivity contribution in [3.8, 4) is 0 Å². The molecule has 2 aliphatic rings. The average Bonchev–Trinajstić information content (AvgIpc) is 2.90. The van der Waals surface area contributed by atoms with Gasteiger partial charge in [0.05, 0.1) is 17.0 Å². The normalized spacial score (nSPS) is 20.3. The molecule has 4 rings (SSSR count). The summed E-state index contributed by atoms with van der Waals surface area (Å²) in [4.78, 5) is 22.4. The van der Waals surface area contributed by atoms with Crippen LogP contribution in [-0.4, -0.2) is 33.9 Å². The molecule has 1 aromatic carbocycles. The first-order chi connectivity index (χ1) is 10.8. The van der Waals surface area contributed by atoms with Gasteiger partial charge in [-0.1, -0.05) is 31.4 Å². The molecule has 4 nitrogen and oxygen atoms in total. The van der Waals surface area contributed by atoms with Gasteiger partial charge in [0, 0.05) is 19.5 Å². The quantitative estimate of drug-likeness (QED) is 0.943. The largest absolute Gasteiger partial charge is 0.342 e. The number of nitrogens with zero attached hydrogens (tertiary/aromatic N) is 2. The van der Waals surface area contributed by atoms with Crippen molar-refractivity contribution >= 4 is 16.9 Å². The number of para-hydroxylation sites is 2. The second kappa shape index (κ2) is 5.75. The Morgan fingerprint density at radius 2 is 1.95 bits per heavy atom. The maximum atomic E-state index is 12.3. The van der Waals surface area contributed by atoms with E-state index in [2.05, 4.69) is 16.0 Å². The second-order valence-electron chi connectivity index (χ2n) is 6.84. The van der Waals surface area contributed by atoms with E-state index in [-0.39, 0.29) is 0 Å². The van der Waals surface area contributed by atoms with Gasteiger partial charge >= 0.3 is 0 Å². The molecule has 1 aromatic heterocycles. The van der Waals surface area contributed by atoms with Crippen LogP contribution in [0.25, 0.3) is 11.0 Å². The van der Waals surface area contributed by atoms with Crippen molar-refractivity contribution < 1.29 is 4.79 Å². The van der Waals surface area contributed by atoms with E-state index in [4.69, 9.17) is 0 Å². The first-order valence-electron chi connectivity index (χ1n) is 8.52. The van der Waals surface area contributed by atoms with Gasteiger partial charge < -0.3 is 9.88 Å². The van der Waals surface area contributed by atoms with Crippen molar-refractivity contribution in [2.24, 2.45) is 5.92 Å². The van der Waals surface area contributed by atoms with Crippen molar-refractivity contribution in [3.05, 3.63) is 30.1 Å². The number of benzene rings is 1. The number of amides is 1. The van der Waals surface area contributed by atoms with Crippen LogP contribution in [0.15, 0.2) is 24.3 Å². The van der Waals surface area contributed by atoms with Gasteiger partial charge in [-0.05, 0) is 30.9 Å². The molecule has 0 radical (unpaired) electrons. The first kappa shape index (κ1) is 13.8. The van der Waals surface area contributed by atoms with E-state index in [0.717, 1.165) is 36.4 Å². The van der Waals surface area contributed by atoms with Crippen molar-refractivity contribution in [1.29, 1.82) is 0 Å². The number of carbonyl (C=O) groups is 1. The third kappa shape index (κ3) is 2.62. The Bertz CT molecular complexity index is 633. The van der Waals surface area contributed by atoms with Crippen LogP contribution in [0.4, 0.5) is 0 Å². The van der Waals surface area contributed by atoms with Gasteiger partial charge in [-0.15, -0.1) is 0 Å². The fourth-order valence-electron chi connectivity index (χ4n) is 3.79. The number of aromatic amines is 1. The molecule has 0 spiro atoms. The number of rotatable bonds is 3. The lowest BCUT2D eigenvalue weighted by Crippen LogP contribution is -2.49. The minimum atomic E-state index is 0.347. The van der Waals surface area contributed by atoms with Crippen LogP contribution in [0, 0.1) is 5.92 Å². The summed E-state index contributed by atoms with van der Waals surface area (Å²) in [5.74, 6) is 2.39. The van der Waals surface area contributed by atoms with E-state index in [9.17, 15) is 4.79 Å². The Kier molecular flexibility index (Phi) is 3.60. The van der Waals surface area contributed by atoms with Crippen molar-refractivity contribution in [2.75, 3.05) is 13.1 Å². The van der Waals surface area contributed by atoms with Crippen LogP contribution in [0.3, 0.4) is 0 Å². The van der Waals surface area contributed by atoms with Crippen LogP contribution < -0.4 is 0 Å². The van der Waals surface area contributed by atoms with E-state index < -0.39 is 0 Å². The number of hydrogen-bond donors (Lipinski definition) is 1. The number of imidazole rings is 1. The molecule has 1 N–H and O–H groups in total. The number of aromatic nitrogens is 2. The second-order valence-corrected chi connectivity index (χ2v) is 6.84. The number of nitrogens with one attached hydrogen (secondary N) is 1. The highest BCUT2D eigenvalue weighted by Crippen LogP contribution is 2.31. The zero-order chi connectivity index (χ0) is 14.9. The summed E-state index contributed by atoms with van der Waals surface area (Å²) < 4.78 is 0. The monoisotopic (exact) mass is 297 g/mol. The SMILES string of the molecule is O=C(CC1CCCCC1)N1CC(c2nc3ccccc3[nH]2)C1. The van der Waals surface area contributed by atoms with Gasteiger partial charge in [0.1, 0.15) is 5.82 Å². The van der Waals surface area contributed by atoms with Crippen LogP contribution in [0.1, 0.15) is 50.3 Å². The van der Waals surface area contributed by atoms with Crippen LogP contribution >= 0.6 is 0 Å². The fourth-order valence-corrected chi connectivity index (χ4v) is 3.79. The van der Waals surface area contributed by atoms with E-state index in [1.807, 2.05) is 23.1 Å². The lowest BCUT2D eigenvalue weighted by molar-refractivity contribution is -0.137. The molecule has 1 saturated carbocycles. The number of hydrogen-bond acceptors (Lipinski definition) is 2. The Hall–Kier alpha value is -1.84. The molecular weight excluding hydrogens is 274 g/mol. The Morgan fingerprint density at radius 1 is 1.18 bits per heavy atom. The minimum absolute atomic E-state index is 0.347. The van der Waals surface area contributed by atoms with Crippen molar-refractivity contribution in [1.82, 2.24) is 14.9 Å². The Balaban J connectivity index is 1.34. The van der Waals surface area contributed by atoms with Gasteiger partial charge in [-0.25, -0.2) is 4.98 Å². The lowest BCUT2D eigenvalue weighted by atomic mass is 9.86. The van der Waals surface area contributed by atoms with E-state index in [1.54, 1.807) is 0 Å². The summed E-state index contributed by atoms with van der Waals surface area (Å²) in [6, 6.07) is 8.11. The van der Waals surface area contributed by atoms with E-state index in [0.29, 0.717) is 17.7 Å². The molecule has 1 aliphatic carbocycles. The zero-order valence-corrected chi connectivity index (χ0v) is 12.9. The van der Waals surface area contributed by atoms with Crippen LogP contribution in [0.2, 0.25) is 0 Å². The predicted molar refractivity (Wildman–Crippen MR) is 86.6 cm³/mol. The molecule has 2 heterocycles. The fraction of sp³-hybridized carbons (Fsp3) is 0.556. The van der Waals surface area contributed by atoms with Crippen molar-refractivity contribution in [2.45, 2.75) is 44.4 Å². The minimum Gasteiger partial charge on any atom is -0.342 e. The highest BCUT2D eigenvalue weighted by atomic mass is 16.2. The summed E-state index contributed by atoms with van der Waals surface area (Å²) in [6.45, 7) is 1.65. The lowest BCUT2D eigenvalue weighted by Gasteiger charge is -2.39. The molecule has 22 heavy (non-hydrogen) atoms. The number of fused-ring (bicyclic) bond motifs is 1. The molecule has 4 heteroatoms. The van der Waals surface area contributed by atoms with Gasteiger partial charge in [0.15, 0.2) is 0 Å². The molecule has 0 unspecified atom stereocenters. The Labute approximate surface area is 130 Å². The van der Waals surface area contributed by atoms with Gasteiger partial charge in [0.25, 0.3) is 0 Å². The van der Waals surface area contributed by atoms with Crippen molar-refractivity contribution in [3.63, 3.8) is 0 Å². The number of carbonyl (C=O) groups excluding carboxylic acids is 1. The van der Waals surface area contributed by atoms with Gasteiger partial charge in [0.2, 0.25) is 5.91 Å². The molecule has 116 valence electrons. The summed E-state index contributed by atoms with van der Waals surface area (Å²) in [6.07, 6.45) is 7.20. The topological polar surface area (TPSA) is 49.0 Å². The molecular formula is C18H23N3O. The third-order valence-electron chi connectivity index (χ3n) is 5.22. The van der Waals surface area contributed by atoms with E-state index >= 15 is 0 Å². The summed E-state index contributed by atoms with van der Waals surface area (Å²) in [5, 5.41) is 0. The summed E-state index contributed by atoms with van der Waals surface area (Å²) in [7, 11) is 0. The molecule has 1 amide bonds. The first-order valence-corrected chi connectivity index (χ1v) is 8.52. The maximum Gasteiger partial charge on any atom is 0.222 e. The molecule has 1 aliphatic heterocycles. The average molecular weight is 297 g/mol. The number of H-pyrrole nitrogens is 1. The Morgan fingerprint density at radius 3 is 2.73 bits per heavy atom. The zero-order valence-electron chi connectivity index (χ0n) is 12.9. The summed E-state index contributed by atoms with van der Waals surface area (Å²) in [5.41, 5.74) is 2.11. The standard InChI is InChI=1S/C18H23N3O/c22-17(10-13-6-2-1-3-7-13)21-11-14(12-21)18-19-15-8-4-5-9-16(15)20-18/h4-5,8-9,13-14H,1-3,6-7,10-12H2,(H,19,20). The van der Waals surface area contributed by atoms with E-state index in [1.165, 1.54) is 32.1 Å². The predicted octanol–water partition coefficient (Wildman–Crippen LogP) is 3.46. The highest BCUT2D eigenvalue weighted by molar-refractivity contribution is 5.78. The van der Waals surface area contributed by atoms with Gasteiger partial charge in [-0.2, -0.15) is 0 Å². The van der Waals surface area contributed by atoms with Crippen LogP contribution in [-0.2, 0) is 4.79 Å². The molecule has 2 aromatic rings.